The Hall–Kier alpha value is -2.99. The largest absolute Gasteiger partial charge is 0.352 e. The summed E-state index contributed by atoms with van der Waals surface area (Å²) in [5, 5.41) is 19.9. The maximum absolute atomic E-state index is 13.9. The van der Waals surface area contributed by atoms with Gasteiger partial charge in [0.1, 0.15) is 23.3 Å². The van der Waals surface area contributed by atoms with Gasteiger partial charge < -0.3 is 5.32 Å². The maximum atomic E-state index is 13.9. The van der Waals surface area contributed by atoms with Gasteiger partial charge >= 0.3 is 0 Å². The fourth-order valence-corrected chi connectivity index (χ4v) is 1.65. The summed E-state index contributed by atoms with van der Waals surface area (Å²) in [6.45, 7) is 0. The highest BCUT2D eigenvalue weighted by Crippen LogP contribution is 2.30. The first-order valence-corrected chi connectivity index (χ1v) is 5.42. The van der Waals surface area contributed by atoms with E-state index in [1.54, 1.807) is 18.2 Å². The lowest BCUT2D eigenvalue weighted by atomic mass is 10.1. The van der Waals surface area contributed by atoms with E-state index in [0.29, 0.717) is 5.69 Å². The third-order valence-corrected chi connectivity index (χ3v) is 2.59. The van der Waals surface area contributed by atoms with Crippen LogP contribution in [0.1, 0.15) is 11.1 Å². The molecule has 0 amide bonds. The lowest BCUT2D eigenvalue weighted by Crippen LogP contribution is -2.06. The highest BCUT2D eigenvalue weighted by molar-refractivity contribution is 5.69. The Kier molecular flexibility index (Phi) is 3.58. The Morgan fingerprint density at radius 3 is 1.95 bits per heavy atom. The average Bonchev–Trinajstić information content (AvgIpc) is 2.46. The van der Waals surface area contributed by atoms with E-state index in [0.717, 1.165) is 0 Å². The molecular formula is C14H6F3N3. The molecule has 1 N–H and O–H groups in total. The topological polar surface area (TPSA) is 59.6 Å². The van der Waals surface area contributed by atoms with Gasteiger partial charge in [-0.2, -0.15) is 10.5 Å². The molecule has 2 aromatic carbocycles. The number of para-hydroxylation sites is 1. The highest BCUT2D eigenvalue weighted by atomic mass is 19.2. The first-order valence-electron chi connectivity index (χ1n) is 5.42. The van der Waals surface area contributed by atoms with E-state index >= 15 is 0 Å². The van der Waals surface area contributed by atoms with Gasteiger partial charge in [0.2, 0.25) is 0 Å². The van der Waals surface area contributed by atoms with Crippen molar-refractivity contribution in [3.8, 4) is 12.1 Å². The molecule has 0 aromatic heterocycles. The Labute approximate surface area is 112 Å². The van der Waals surface area contributed by atoms with Gasteiger partial charge in [-0.05, 0) is 12.1 Å². The maximum Gasteiger partial charge on any atom is 0.185 e. The van der Waals surface area contributed by atoms with Crippen LogP contribution in [0, 0.1) is 40.1 Å². The number of nitriles is 2. The van der Waals surface area contributed by atoms with Crippen molar-refractivity contribution in [3.63, 3.8) is 0 Å². The third kappa shape index (κ3) is 2.15. The Bertz CT molecular complexity index is 743. The van der Waals surface area contributed by atoms with Crippen LogP contribution in [-0.2, 0) is 0 Å². The van der Waals surface area contributed by atoms with Crippen molar-refractivity contribution in [2.75, 3.05) is 5.32 Å². The van der Waals surface area contributed by atoms with Crippen molar-refractivity contribution < 1.29 is 13.2 Å². The summed E-state index contributed by atoms with van der Waals surface area (Å²) in [7, 11) is 0. The molecule has 0 atom stereocenters. The summed E-state index contributed by atoms with van der Waals surface area (Å²) in [6, 6.07) is 10.7. The normalized spacial score (nSPS) is 9.65. The Morgan fingerprint density at radius 2 is 1.40 bits per heavy atom. The lowest BCUT2D eigenvalue weighted by molar-refractivity contribution is 0.493. The van der Waals surface area contributed by atoms with Crippen LogP contribution in [0.2, 0.25) is 0 Å². The number of hydrogen-bond acceptors (Lipinski definition) is 3. The summed E-state index contributed by atoms with van der Waals surface area (Å²) in [5.74, 6) is -4.47. The quantitative estimate of drug-likeness (QED) is 0.850. The van der Waals surface area contributed by atoms with Gasteiger partial charge in [-0.15, -0.1) is 0 Å². The van der Waals surface area contributed by atoms with Crippen LogP contribution in [0.25, 0.3) is 0 Å². The smallest absolute Gasteiger partial charge is 0.185 e. The minimum Gasteiger partial charge on any atom is -0.352 e. The van der Waals surface area contributed by atoms with E-state index in [9.17, 15) is 13.2 Å². The van der Waals surface area contributed by atoms with E-state index < -0.39 is 34.3 Å². The molecule has 0 radical (unpaired) electrons. The number of benzene rings is 2. The van der Waals surface area contributed by atoms with Crippen molar-refractivity contribution in [3.05, 3.63) is 58.9 Å². The van der Waals surface area contributed by atoms with E-state index in [2.05, 4.69) is 5.32 Å². The van der Waals surface area contributed by atoms with Crippen molar-refractivity contribution >= 4 is 11.4 Å². The molecule has 0 aliphatic carbocycles. The fraction of sp³-hybridized carbons (Fsp3) is 0. The van der Waals surface area contributed by atoms with Gasteiger partial charge in [0.15, 0.2) is 17.5 Å². The standard InChI is InChI=1S/C14H6F3N3/c15-11-9(6-18)12(16)13(17)14(10(11)7-19)20-8-4-2-1-3-5-8/h1-5,20H. The number of halogens is 3. The van der Waals surface area contributed by atoms with Crippen LogP contribution < -0.4 is 5.32 Å². The molecule has 0 heterocycles. The molecule has 2 rings (SSSR count). The zero-order valence-electron chi connectivity index (χ0n) is 9.92. The van der Waals surface area contributed by atoms with Gasteiger partial charge in [0.05, 0.1) is 5.69 Å². The van der Waals surface area contributed by atoms with Crippen molar-refractivity contribution in [2.24, 2.45) is 0 Å². The molecule has 98 valence electrons. The molecule has 0 spiro atoms. The molecule has 0 aliphatic rings. The van der Waals surface area contributed by atoms with Gasteiger partial charge in [0, 0.05) is 5.69 Å². The molecule has 6 heteroatoms. The second kappa shape index (κ2) is 5.33. The minimum atomic E-state index is -1.62. The minimum absolute atomic E-state index is 0.353. The highest BCUT2D eigenvalue weighted by Gasteiger charge is 2.25. The third-order valence-electron chi connectivity index (χ3n) is 2.59. The first-order chi connectivity index (χ1) is 9.60. The molecule has 0 saturated heterocycles. The average molecular weight is 273 g/mol. The molecular weight excluding hydrogens is 267 g/mol. The molecule has 2 aromatic rings. The molecule has 0 fully saturated rings. The first kappa shape index (κ1) is 13.4. The number of nitrogens with zero attached hydrogens (tertiary/aromatic N) is 2. The van der Waals surface area contributed by atoms with Crippen LogP contribution in [-0.4, -0.2) is 0 Å². The zero-order chi connectivity index (χ0) is 14.7. The number of nitrogens with one attached hydrogen (secondary N) is 1. The summed E-state index contributed by atoms with van der Waals surface area (Å²) in [4.78, 5) is 0. The molecule has 0 aliphatic heterocycles. The van der Waals surface area contributed by atoms with E-state index in [1.165, 1.54) is 24.3 Å². The predicted octanol–water partition coefficient (Wildman–Crippen LogP) is 3.59. The molecule has 0 saturated carbocycles. The summed E-state index contributed by atoms with van der Waals surface area (Å²) < 4.78 is 41.2. The number of rotatable bonds is 2. The molecule has 20 heavy (non-hydrogen) atoms. The van der Waals surface area contributed by atoms with E-state index in [-0.39, 0.29) is 0 Å². The summed E-state index contributed by atoms with van der Waals surface area (Å²) >= 11 is 0. The van der Waals surface area contributed by atoms with Crippen molar-refractivity contribution in [1.82, 2.24) is 0 Å². The molecule has 0 unspecified atom stereocenters. The molecule has 0 bridgehead atoms. The number of anilines is 2. The van der Waals surface area contributed by atoms with E-state index in [4.69, 9.17) is 10.5 Å². The second-order valence-corrected chi connectivity index (χ2v) is 3.78. The molecule has 3 nitrogen and oxygen atoms in total. The van der Waals surface area contributed by atoms with Crippen LogP contribution >= 0.6 is 0 Å². The summed E-state index contributed by atoms with van der Waals surface area (Å²) in [6.07, 6.45) is 0. The van der Waals surface area contributed by atoms with Crippen LogP contribution in [0.5, 0.6) is 0 Å². The Morgan fingerprint density at radius 1 is 0.800 bits per heavy atom. The van der Waals surface area contributed by atoms with Crippen molar-refractivity contribution in [2.45, 2.75) is 0 Å². The zero-order valence-corrected chi connectivity index (χ0v) is 9.92. The summed E-state index contributed by atoms with van der Waals surface area (Å²) in [5.41, 5.74) is -2.14. The van der Waals surface area contributed by atoms with Crippen LogP contribution in [0.4, 0.5) is 24.5 Å². The second-order valence-electron chi connectivity index (χ2n) is 3.78. The van der Waals surface area contributed by atoms with Crippen LogP contribution in [0.15, 0.2) is 30.3 Å². The number of hydrogen-bond donors (Lipinski definition) is 1. The SMILES string of the molecule is N#Cc1c(F)c(F)c(Nc2ccccc2)c(C#N)c1F. The van der Waals surface area contributed by atoms with Gasteiger partial charge in [0.25, 0.3) is 0 Å². The monoisotopic (exact) mass is 273 g/mol. The predicted molar refractivity (Wildman–Crippen MR) is 65.5 cm³/mol. The fourth-order valence-electron chi connectivity index (χ4n) is 1.65. The Balaban J connectivity index is 2.65. The van der Waals surface area contributed by atoms with Gasteiger partial charge in [-0.25, -0.2) is 13.2 Å². The lowest BCUT2D eigenvalue weighted by Gasteiger charge is -2.11. The van der Waals surface area contributed by atoms with Gasteiger partial charge in [-0.1, -0.05) is 18.2 Å². The van der Waals surface area contributed by atoms with E-state index in [1.807, 2.05) is 0 Å². The van der Waals surface area contributed by atoms with Crippen LogP contribution in [0.3, 0.4) is 0 Å². The van der Waals surface area contributed by atoms with Crippen molar-refractivity contribution in [1.29, 1.82) is 10.5 Å². The van der Waals surface area contributed by atoms with Gasteiger partial charge in [-0.3, -0.25) is 0 Å².